The number of benzene rings is 2. The number of hydrogen-bond donors (Lipinski definition) is 0. The summed E-state index contributed by atoms with van der Waals surface area (Å²) in [5.41, 5.74) is 3.48. The van der Waals surface area contributed by atoms with Gasteiger partial charge in [-0.3, -0.25) is 4.79 Å². The lowest BCUT2D eigenvalue weighted by atomic mass is 9.99. The molecule has 4 rings (SSSR count). The number of aromatic nitrogens is 1. The third-order valence-corrected chi connectivity index (χ3v) is 5.46. The summed E-state index contributed by atoms with van der Waals surface area (Å²) in [7, 11) is 3.17. The second-order valence-corrected chi connectivity index (χ2v) is 7.16. The van der Waals surface area contributed by atoms with Crippen molar-refractivity contribution in [2.24, 2.45) is 0 Å². The fourth-order valence-corrected chi connectivity index (χ4v) is 3.94. The summed E-state index contributed by atoms with van der Waals surface area (Å²) in [6.45, 7) is 2.80. The minimum Gasteiger partial charge on any atom is -0.493 e. The van der Waals surface area contributed by atoms with E-state index in [1.165, 1.54) is 11.1 Å². The topological polar surface area (TPSA) is 64.8 Å². The summed E-state index contributed by atoms with van der Waals surface area (Å²) in [6.07, 6.45) is 1.93. The Morgan fingerprint density at radius 2 is 1.90 bits per heavy atom. The molecule has 2 aromatic carbocycles. The van der Waals surface area contributed by atoms with Crippen molar-refractivity contribution < 1.29 is 18.8 Å². The summed E-state index contributed by atoms with van der Waals surface area (Å²) in [4.78, 5) is 15.1. The van der Waals surface area contributed by atoms with Gasteiger partial charge in [-0.05, 0) is 49.1 Å². The Hall–Kier alpha value is -3.28. The van der Waals surface area contributed by atoms with E-state index in [0.29, 0.717) is 23.0 Å². The van der Waals surface area contributed by atoms with E-state index in [9.17, 15) is 4.79 Å². The second-order valence-electron chi connectivity index (χ2n) is 7.16. The molecule has 0 unspecified atom stereocenters. The molecule has 0 N–H and O–H groups in total. The molecular formula is C23H24N2O4. The monoisotopic (exact) mass is 392 g/mol. The van der Waals surface area contributed by atoms with Gasteiger partial charge in [-0.25, -0.2) is 0 Å². The molecule has 1 aromatic heterocycles. The lowest BCUT2D eigenvalue weighted by Crippen LogP contribution is -2.31. The van der Waals surface area contributed by atoms with Crippen molar-refractivity contribution >= 4 is 5.91 Å². The SMILES string of the molecule is COc1ccc(-c2cc(C(=O)N3CCC[C@@H]3c3ccccc3C)no2)cc1OC. The highest BCUT2D eigenvalue weighted by Crippen LogP contribution is 2.36. The minimum atomic E-state index is -0.105. The van der Waals surface area contributed by atoms with Crippen LogP contribution in [-0.4, -0.2) is 36.7 Å². The Kier molecular flexibility index (Phi) is 5.25. The third kappa shape index (κ3) is 3.58. The summed E-state index contributed by atoms with van der Waals surface area (Å²) >= 11 is 0. The van der Waals surface area contributed by atoms with E-state index in [0.717, 1.165) is 24.9 Å². The maximum atomic E-state index is 13.2. The number of nitrogens with zero attached hydrogens (tertiary/aromatic N) is 2. The first-order valence-electron chi connectivity index (χ1n) is 9.68. The van der Waals surface area contributed by atoms with Crippen molar-refractivity contribution in [3.05, 3.63) is 65.4 Å². The molecule has 1 saturated heterocycles. The Morgan fingerprint density at radius 3 is 2.66 bits per heavy atom. The molecule has 29 heavy (non-hydrogen) atoms. The van der Waals surface area contributed by atoms with Gasteiger partial charge in [-0.1, -0.05) is 29.4 Å². The summed E-state index contributed by atoms with van der Waals surface area (Å²) < 4.78 is 16.1. The predicted molar refractivity (Wildman–Crippen MR) is 109 cm³/mol. The number of methoxy groups -OCH3 is 2. The summed E-state index contributed by atoms with van der Waals surface area (Å²) in [6, 6.07) is 15.4. The molecule has 0 bridgehead atoms. The summed E-state index contributed by atoms with van der Waals surface area (Å²) in [5.74, 6) is 1.63. The van der Waals surface area contributed by atoms with Gasteiger partial charge < -0.3 is 18.9 Å². The zero-order valence-corrected chi connectivity index (χ0v) is 16.8. The van der Waals surface area contributed by atoms with Crippen molar-refractivity contribution in [1.82, 2.24) is 10.1 Å². The van der Waals surface area contributed by atoms with Gasteiger partial charge in [0.1, 0.15) is 0 Å². The van der Waals surface area contributed by atoms with Gasteiger partial charge in [0.25, 0.3) is 5.91 Å². The number of carbonyl (C=O) groups is 1. The lowest BCUT2D eigenvalue weighted by Gasteiger charge is -2.25. The first kappa shape index (κ1) is 19.1. The van der Waals surface area contributed by atoms with Gasteiger partial charge in [-0.15, -0.1) is 0 Å². The molecule has 1 atom stereocenters. The van der Waals surface area contributed by atoms with Gasteiger partial charge in [0.05, 0.1) is 20.3 Å². The molecule has 1 aliphatic heterocycles. The Balaban J connectivity index is 1.59. The van der Waals surface area contributed by atoms with Crippen molar-refractivity contribution in [2.45, 2.75) is 25.8 Å². The highest BCUT2D eigenvalue weighted by Gasteiger charge is 2.33. The molecule has 6 nitrogen and oxygen atoms in total. The van der Waals surface area contributed by atoms with Crippen LogP contribution < -0.4 is 9.47 Å². The maximum Gasteiger partial charge on any atom is 0.276 e. The first-order chi connectivity index (χ1) is 14.1. The maximum absolute atomic E-state index is 13.2. The van der Waals surface area contributed by atoms with Crippen molar-refractivity contribution in [3.63, 3.8) is 0 Å². The molecule has 0 radical (unpaired) electrons. The Morgan fingerprint density at radius 1 is 1.10 bits per heavy atom. The number of hydrogen-bond acceptors (Lipinski definition) is 5. The van der Waals surface area contributed by atoms with E-state index >= 15 is 0 Å². The molecule has 0 saturated carbocycles. The molecule has 6 heteroatoms. The number of carbonyl (C=O) groups excluding carboxylic acids is 1. The Labute approximate surface area is 170 Å². The van der Waals surface area contributed by atoms with Crippen LogP contribution in [0.4, 0.5) is 0 Å². The quantitative estimate of drug-likeness (QED) is 0.633. The first-order valence-corrected chi connectivity index (χ1v) is 9.68. The van der Waals surface area contributed by atoms with Gasteiger partial charge >= 0.3 is 0 Å². The van der Waals surface area contributed by atoms with E-state index in [4.69, 9.17) is 14.0 Å². The van der Waals surface area contributed by atoms with Crippen LogP contribution in [0, 0.1) is 6.92 Å². The van der Waals surface area contributed by atoms with Crippen molar-refractivity contribution in [3.8, 4) is 22.8 Å². The average molecular weight is 392 g/mol. The van der Waals surface area contributed by atoms with Crippen LogP contribution in [0.2, 0.25) is 0 Å². The second kappa shape index (κ2) is 7.99. The summed E-state index contributed by atoms with van der Waals surface area (Å²) in [5, 5.41) is 4.05. The Bertz CT molecular complexity index is 1030. The van der Waals surface area contributed by atoms with Crippen LogP contribution >= 0.6 is 0 Å². The number of aryl methyl sites for hydroxylation is 1. The van der Waals surface area contributed by atoms with Crippen LogP contribution in [0.3, 0.4) is 0 Å². The van der Waals surface area contributed by atoms with E-state index in [1.54, 1.807) is 32.4 Å². The van der Waals surface area contributed by atoms with Crippen LogP contribution in [-0.2, 0) is 0 Å². The molecule has 3 aromatic rings. The molecular weight excluding hydrogens is 368 g/mol. The largest absolute Gasteiger partial charge is 0.493 e. The molecule has 0 aliphatic carbocycles. The van der Waals surface area contributed by atoms with Crippen LogP contribution in [0.1, 0.15) is 40.5 Å². The smallest absolute Gasteiger partial charge is 0.276 e. The van der Waals surface area contributed by atoms with Gasteiger partial charge in [0.2, 0.25) is 0 Å². The van der Waals surface area contributed by atoms with Crippen molar-refractivity contribution in [2.75, 3.05) is 20.8 Å². The van der Waals surface area contributed by atoms with E-state index in [2.05, 4.69) is 24.2 Å². The minimum absolute atomic E-state index is 0.0740. The fraction of sp³-hybridized carbons (Fsp3) is 0.304. The third-order valence-electron chi connectivity index (χ3n) is 5.46. The van der Waals surface area contributed by atoms with Crippen LogP contribution in [0.25, 0.3) is 11.3 Å². The average Bonchev–Trinajstić information content (AvgIpc) is 3.43. The molecule has 2 heterocycles. The van der Waals surface area contributed by atoms with Crippen LogP contribution in [0.5, 0.6) is 11.5 Å². The number of amides is 1. The molecule has 150 valence electrons. The predicted octanol–water partition coefficient (Wildman–Crippen LogP) is 4.64. The fourth-order valence-electron chi connectivity index (χ4n) is 3.94. The number of ether oxygens (including phenoxy) is 2. The standard InChI is InChI=1S/C23H24N2O4/c1-15-7-4-5-8-17(15)19-9-6-12-25(19)23(26)18-14-21(29-24-18)16-10-11-20(27-2)22(13-16)28-3/h4-5,7-8,10-11,13-14,19H,6,9,12H2,1-3H3/t19-/m1/s1. The van der Waals surface area contributed by atoms with Gasteiger partial charge in [0, 0.05) is 18.2 Å². The van der Waals surface area contributed by atoms with E-state index in [-0.39, 0.29) is 11.9 Å². The zero-order chi connectivity index (χ0) is 20.4. The van der Waals surface area contributed by atoms with Crippen LogP contribution in [0.15, 0.2) is 53.1 Å². The normalized spacial score (nSPS) is 16.1. The number of likely N-dealkylation sites (tertiary alicyclic amines) is 1. The van der Waals surface area contributed by atoms with Crippen molar-refractivity contribution in [1.29, 1.82) is 0 Å². The number of rotatable bonds is 5. The zero-order valence-electron chi connectivity index (χ0n) is 16.8. The highest BCUT2D eigenvalue weighted by atomic mass is 16.5. The molecule has 0 spiro atoms. The highest BCUT2D eigenvalue weighted by molar-refractivity contribution is 5.93. The van der Waals surface area contributed by atoms with Gasteiger partial charge in [-0.2, -0.15) is 0 Å². The van der Waals surface area contributed by atoms with E-state index < -0.39 is 0 Å². The molecule has 1 amide bonds. The van der Waals surface area contributed by atoms with Gasteiger partial charge in [0.15, 0.2) is 23.0 Å². The molecule has 1 aliphatic rings. The lowest BCUT2D eigenvalue weighted by molar-refractivity contribution is 0.0725. The molecule has 1 fully saturated rings. The van der Waals surface area contributed by atoms with E-state index in [1.807, 2.05) is 23.1 Å².